The monoisotopic (exact) mass is 743 g/mol. The van der Waals surface area contributed by atoms with E-state index >= 15 is 0 Å². The van der Waals surface area contributed by atoms with Gasteiger partial charge in [-0.2, -0.15) is 4.68 Å². The maximum Gasteiger partial charge on any atom is 0.348 e. The van der Waals surface area contributed by atoms with Gasteiger partial charge in [0, 0.05) is 35.4 Å². The molecule has 0 saturated carbocycles. The average molecular weight is 745 g/mol. The first-order valence-electron chi connectivity index (χ1n) is 16.9. The molecule has 51 heavy (non-hydrogen) atoms. The number of H-pyrrole nitrogens is 1. The number of benzene rings is 3. The maximum absolute atomic E-state index is 14.5. The number of hydrogen-bond donors (Lipinski definition) is 3. The van der Waals surface area contributed by atoms with Crippen molar-refractivity contribution in [3.8, 4) is 16.8 Å². The normalized spacial score (nSPS) is 12.6. The molecule has 0 fully saturated rings. The summed E-state index contributed by atoms with van der Waals surface area (Å²) in [6, 6.07) is 17.5. The molecule has 0 aliphatic carbocycles. The van der Waals surface area contributed by atoms with Gasteiger partial charge in [0.15, 0.2) is 6.10 Å². The molecule has 4 rings (SSSR count). The maximum atomic E-state index is 14.5. The van der Waals surface area contributed by atoms with E-state index in [-0.39, 0.29) is 25.5 Å². The van der Waals surface area contributed by atoms with Crippen LogP contribution in [0, 0.1) is 17.7 Å². The van der Waals surface area contributed by atoms with Crippen molar-refractivity contribution >= 4 is 35.1 Å². The van der Waals surface area contributed by atoms with Gasteiger partial charge in [-0.3, -0.25) is 15.2 Å². The number of hydrazine groups is 1. The van der Waals surface area contributed by atoms with Gasteiger partial charge in [-0.25, -0.2) is 19.0 Å². The Hall–Kier alpha value is -4.07. The lowest BCUT2D eigenvalue weighted by Crippen LogP contribution is -2.48. The highest BCUT2D eigenvalue weighted by atomic mass is 35.5. The van der Waals surface area contributed by atoms with Gasteiger partial charge in [-0.1, -0.05) is 87.1 Å². The van der Waals surface area contributed by atoms with E-state index in [1.807, 2.05) is 0 Å². The summed E-state index contributed by atoms with van der Waals surface area (Å²) >= 11 is 12.1. The lowest BCUT2D eigenvalue weighted by atomic mass is 10.0. The van der Waals surface area contributed by atoms with Crippen LogP contribution in [0.2, 0.25) is 10.0 Å². The molecule has 2 atom stereocenters. The molecule has 4 aromatic rings. The third kappa shape index (κ3) is 12.6. The number of unbranched alkanes of at least 4 members (excludes halogenated alkanes) is 1. The van der Waals surface area contributed by atoms with Gasteiger partial charge in [0.2, 0.25) is 5.82 Å². The molecule has 0 aliphatic rings. The van der Waals surface area contributed by atoms with Gasteiger partial charge >= 0.3 is 17.6 Å². The van der Waals surface area contributed by atoms with E-state index in [1.54, 1.807) is 42.5 Å². The Morgan fingerprint density at radius 3 is 2.47 bits per heavy atom. The Kier molecular flexibility index (Phi) is 15.2. The molecule has 1 unspecified atom stereocenters. The largest absolute Gasteiger partial charge is 0.464 e. The average Bonchev–Trinajstić information content (AvgIpc) is 3.49. The third-order valence-electron chi connectivity index (χ3n) is 7.92. The molecule has 0 bridgehead atoms. The van der Waals surface area contributed by atoms with Gasteiger partial charge in [-0.05, 0) is 72.2 Å². The third-order valence-corrected chi connectivity index (χ3v) is 8.39. The number of nitrogens with zero attached hydrogens (tertiary/aromatic N) is 3. The van der Waals surface area contributed by atoms with Crippen LogP contribution in [0.1, 0.15) is 62.6 Å². The Labute approximate surface area is 306 Å². The summed E-state index contributed by atoms with van der Waals surface area (Å²) in [6.07, 6.45) is 1.95. The predicted molar refractivity (Wildman–Crippen MR) is 194 cm³/mol. The molecule has 3 N–H and O–H groups in total. The minimum Gasteiger partial charge on any atom is -0.464 e. The number of carbonyl (C=O) groups is 2. The number of aromatic nitrogens is 3. The number of aromatic amines is 1. The molecule has 3 aromatic carbocycles. The molecule has 0 radical (unpaired) electrons. The van der Waals surface area contributed by atoms with E-state index in [0.717, 1.165) is 37.2 Å². The number of aliphatic hydroxyl groups is 1. The van der Waals surface area contributed by atoms with Crippen molar-refractivity contribution in [1.82, 2.24) is 25.2 Å². The van der Waals surface area contributed by atoms with Gasteiger partial charge < -0.3 is 14.6 Å². The number of halogens is 3. The van der Waals surface area contributed by atoms with E-state index in [2.05, 4.69) is 36.3 Å². The Morgan fingerprint density at radius 2 is 1.75 bits per heavy atom. The van der Waals surface area contributed by atoms with E-state index < -0.39 is 29.5 Å². The topological polar surface area (TPSA) is 139 Å². The van der Waals surface area contributed by atoms with Gasteiger partial charge in [-0.15, -0.1) is 5.10 Å². The Bertz CT molecular complexity index is 1800. The number of amides is 1. The first-order valence-corrected chi connectivity index (χ1v) is 17.6. The smallest absolute Gasteiger partial charge is 0.348 e. The van der Waals surface area contributed by atoms with Crippen LogP contribution in [0.25, 0.3) is 16.8 Å². The number of aliphatic hydroxyl groups excluding tert-OH is 1. The SMILES string of the molecule is CC(C)COCCCCC(C)CCOC(=O)[C@H](O)CN(Cc1ccc(-c2cc(Cl)ccc2F)cc1)NC(=O)c1nn(-c2cccc(Cl)c2)c(=O)[nH]1. The van der Waals surface area contributed by atoms with Crippen LogP contribution in [-0.4, -0.2) is 69.2 Å². The Morgan fingerprint density at radius 1 is 1.00 bits per heavy atom. The predicted octanol–water partition coefficient (Wildman–Crippen LogP) is 6.59. The lowest BCUT2D eigenvalue weighted by molar-refractivity contribution is -0.155. The van der Waals surface area contributed by atoms with Crippen LogP contribution in [-0.2, 0) is 20.8 Å². The minimum absolute atomic E-state index is 0.0194. The molecule has 1 aromatic heterocycles. The zero-order valence-electron chi connectivity index (χ0n) is 28.9. The van der Waals surface area contributed by atoms with E-state index in [9.17, 15) is 23.9 Å². The second-order valence-electron chi connectivity index (χ2n) is 12.9. The number of carbonyl (C=O) groups excluding carboxylic acids is 2. The summed E-state index contributed by atoms with van der Waals surface area (Å²) in [5, 5.41) is 17.0. The van der Waals surface area contributed by atoms with E-state index in [1.165, 1.54) is 29.3 Å². The second-order valence-corrected chi connectivity index (χ2v) is 13.7. The van der Waals surface area contributed by atoms with Gasteiger partial charge in [0.1, 0.15) is 5.82 Å². The molecule has 0 saturated heterocycles. The zero-order chi connectivity index (χ0) is 36.9. The molecule has 14 heteroatoms. The molecule has 0 aliphatic heterocycles. The van der Waals surface area contributed by atoms with Crippen molar-refractivity contribution in [2.24, 2.45) is 11.8 Å². The lowest BCUT2D eigenvalue weighted by Gasteiger charge is -2.25. The van der Waals surface area contributed by atoms with Crippen LogP contribution in [0.3, 0.4) is 0 Å². The summed E-state index contributed by atoms with van der Waals surface area (Å²) in [4.78, 5) is 41.2. The van der Waals surface area contributed by atoms with E-state index in [4.69, 9.17) is 32.7 Å². The first kappa shape index (κ1) is 39.7. The number of ether oxygens (including phenoxy) is 2. The number of esters is 1. The summed E-state index contributed by atoms with van der Waals surface area (Å²) < 4.78 is 26.5. The van der Waals surface area contributed by atoms with E-state index in [0.29, 0.717) is 50.7 Å². The van der Waals surface area contributed by atoms with Gasteiger partial charge in [0.25, 0.3) is 0 Å². The fourth-order valence-electron chi connectivity index (χ4n) is 5.19. The molecule has 11 nitrogen and oxygen atoms in total. The van der Waals surface area contributed by atoms with Crippen LogP contribution in [0.4, 0.5) is 4.39 Å². The van der Waals surface area contributed by atoms with Crippen molar-refractivity contribution in [1.29, 1.82) is 0 Å². The fraction of sp³-hybridized carbons (Fsp3) is 0.405. The van der Waals surface area contributed by atoms with Crippen LogP contribution in [0.5, 0.6) is 0 Å². The number of rotatable bonds is 19. The summed E-state index contributed by atoms with van der Waals surface area (Å²) in [6.45, 7) is 7.60. The summed E-state index contributed by atoms with van der Waals surface area (Å²) in [7, 11) is 0. The second kappa shape index (κ2) is 19.5. The molecule has 0 spiro atoms. The number of nitrogens with one attached hydrogen (secondary N) is 2. The molecular weight excluding hydrogens is 700 g/mol. The van der Waals surface area contributed by atoms with Crippen molar-refractivity contribution in [2.45, 2.75) is 59.1 Å². The molecule has 1 amide bonds. The van der Waals surface area contributed by atoms with Crippen LogP contribution >= 0.6 is 23.2 Å². The summed E-state index contributed by atoms with van der Waals surface area (Å²) in [5.41, 5.74) is 3.85. The summed E-state index contributed by atoms with van der Waals surface area (Å²) in [5.74, 6) is -1.56. The molecule has 1 heterocycles. The quantitative estimate of drug-likeness (QED) is 0.0556. The minimum atomic E-state index is -1.61. The number of hydrogen-bond acceptors (Lipinski definition) is 8. The van der Waals surface area contributed by atoms with Crippen LogP contribution < -0.4 is 11.1 Å². The highest BCUT2D eigenvalue weighted by Crippen LogP contribution is 2.26. The molecular formula is C37H44Cl2FN5O6. The van der Waals surface area contributed by atoms with Gasteiger partial charge in [0.05, 0.1) is 18.8 Å². The fourth-order valence-corrected chi connectivity index (χ4v) is 5.54. The Balaban J connectivity index is 1.40. The van der Waals surface area contributed by atoms with Crippen molar-refractivity contribution in [3.05, 3.63) is 104 Å². The van der Waals surface area contributed by atoms with Crippen LogP contribution in [0.15, 0.2) is 71.5 Å². The van der Waals surface area contributed by atoms with Crippen molar-refractivity contribution < 1.29 is 28.6 Å². The van der Waals surface area contributed by atoms with Crippen molar-refractivity contribution in [2.75, 3.05) is 26.4 Å². The zero-order valence-corrected chi connectivity index (χ0v) is 30.4. The standard InChI is InChI=1S/C37H44Cl2FN5O6/c1-24(2)23-50-17-5-4-7-25(3)16-18-51-36(48)33(46)22-44(21-26-10-12-27(13-11-26)31-20-29(39)14-15-32(31)40)43-35(47)34-41-37(49)45(42-34)30-9-6-8-28(38)19-30/h6,8-15,19-20,24-25,33,46H,4-5,7,16-18,21-23H2,1-3H3,(H,43,47)(H,41,42,49)/t25?,33-/m1/s1. The molecule has 274 valence electrons. The highest BCUT2D eigenvalue weighted by molar-refractivity contribution is 6.31. The highest BCUT2D eigenvalue weighted by Gasteiger charge is 2.24. The van der Waals surface area contributed by atoms with Crippen molar-refractivity contribution in [3.63, 3.8) is 0 Å². The first-order chi connectivity index (χ1) is 24.4.